The van der Waals surface area contributed by atoms with E-state index in [-0.39, 0.29) is 0 Å². The van der Waals surface area contributed by atoms with Gasteiger partial charge in [0.15, 0.2) is 0 Å². The van der Waals surface area contributed by atoms with Crippen LogP contribution in [-0.2, 0) is 4.74 Å². The molecular formula is C13H27NOS. The van der Waals surface area contributed by atoms with Crippen LogP contribution in [0.4, 0.5) is 0 Å². The van der Waals surface area contributed by atoms with Crippen LogP contribution in [0.15, 0.2) is 0 Å². The van der Waals surface area contributed by atoms with Crippen molar-refractivity contribution < 1.29 is 4.74 Å². The van der Waals surface area contributed by atoms with E-state index in [1.807, 2.05) is 0 Å². The van der Waals surface area contributed by atoms with E-state index in [2.05, 4.69) is 30.9 Å². The summed E-state index contributed by atoms with van der Waals surface area (Å²) >= 11 is 2.06. The van der Waals surface area contributed by atoms with E-state index >= 15 is 0 Å². The molecule has 0 radical (unpaired) electrons. The highest BCUT2D eigenvalue weighted by Gasteiger charge is 2.31. The van der Waals surface area contributed by atoms with Crippen LogP contribution in [-0.4, -0.2) is 37.8 Å². The summed E-state index contributed by atoms with van der Waals surface area (Å²) in [6.45, 7) is 8.69. The van der Waals surface area contributed by atoms with Gasteiger partial charge in [-0.3, -0.25) is 0 Å². The van der Waals surface area contributed by atoms with Gasteiger partial charge < -0.3 is 10.1 Å². The number of thioether (sulfide) groups is 1. The van der Waals surface area contributed by atoms with Gasteiger partial charge in [0.2, 0.25) is 0 Å². The lowest BCUT2D eigenvalue weighted by Gasteiger charge is -2.37. The molecule has 1 N–H and O–H groups in total. The predicted octanol–water partition coefficient (Wildman–Crippen LogP) is 2.93. The van der Waals surface area contributed by atoms with Crippen molar-refractivity contribution in [3.8, 4) is 0 Å². The van der Waals surface area contributed by atoms with E-state index in [9.17, 15) is 0 Å². The summed E-state index contributed by atoms with van der Waals surface area (Å²) in [6, 6.07) is 0. The van der Waals surface area contributed by atoms with E-state index in [4.69, 9.17) is 4.74 Å². The highest BCUT2D eigenvalue weighted by molar-refractivity contribution is 7.99. The molecule has 16 heavy (non-hydrogen) atoms. The van der Waals surface area contributed by atoms with Crippen LogP contribution in [0, 0.1) is 5.41 Å². The molecule has 0 aromatic carbocycles. The molecule has 3 heteroatoms. The SMILES string of the molecule is CCCNCC1(CCSCC)CCCOC1. The number of ether oxygens (including phenoxy) is 1. The maximum Gasteiger partial charge on any atom is 0.0534 e. The summed E-state index contributed by atoms with van der Waals surface area (Å²) in [5.41, 5.74) is 0.426. The van der Waals surface area contributed by atoms with Gasteiger partial charge in [0.1, 0.15) is 0 Å². The minimum atomic E-state index is 0.426. The lowest BCUT2D eigenvalue weighted by Crippen LogP contribution is -2.41. The van der Waals surface area contributed by atoms with Gasteiger partial charge in [0.25, 0.3) is 0 Å². The van der Waals surface area contributed by atoms with Crippen LogP contribution in [0.5, 0.6) is 0 Å². The second-order valence-electron chi connectivity index (χ2n) is 4.78. The van der Waals surface area contributed by atoms with Crippen molar-refractivity contribution >= 4 is 11.8 Å². The zero-order chi connectivity index (χ0) is 11.7. The molecule has 0 saturated carbocycles. The van der Waals surface area contributed by atoms with Crippen molar-refractivity contribution in [2.75, 3.05) is 37.8 Å². The molecule has 0 aromatic heterocycles. The van der Waals surface area contributed by atoms with E-state index in [0.717, 1.165) is 26.3 Å². The Morgan fingerprint density at radius 1 is 1.38 bits per heavy atom. The number of nitrogens with one attached hydrogen (secondary N) is 1. The van der Waals surface area contributed by atoms with Crippen molar-refractivity contribution in [1.29, 1.82) is 0 Å². The molecule has 0 bridgehead atoms. The van der Waals surface area contributed by atoms with Crippen molar-refractivity contribution in [2.24, 2.45) is 5.41 Å². The van der Waals surface area contributed by atoms with Gasteiger partial charge in [-0.05, 0) is 43.7 Å². The quantitative estimate of drug-likeness (QED) is 0.664. The van der Waals surface area contributed by atoms with Crippen LogP contribution in [0.3, 0.4) is 0 Å². The summed E-state index contributed by atoms with van der Waals surface area (Å²) in [7, 11) is 0. The third kappa shape index (κ3) is 5.07. The topological polar surface area (TPSA) is 21.3 Å². The average molecular weight is 245 g/mol. The van der Waals surface area contributed by atoms with Crippen molar-refractivity contribution in [1.82, 2.24) is 5.32 Å². The Kier molecular flexibility index (Phi) is 7.50. The van der Waals surface area contributed by atoms with Crippen molar-refractivity contribution in [2.45, 2.75) is 39.5 Å². The monoisotopic (exact) mass is 245 g/mol. The molecule has 0 amide bonds. The van der Waals surface area contributed by atoms with Crippen LogP contribution < -0.4 is 5.32 Å². The van der Waals surface area contributed by atoms with Gasteiger partial charge in [0.05, 0.1) is 6.61 Å². The first-order valence-corrected chi connectivity index (χ1v) is 7.84. The molecule has 1 aliphatic rings. The summed E-state index contributed by atoms with van der Waals surface area (Å²) < 4.78 is 5.70. The van der Waals surface area contributed by atoms with Gasteiger partial charge >= 0.3 is 0 Å². The third-order valence-corrected chi connectivity index (χ3v) is 4.21. The number of hydrogen-bond donors (Lipinski definition) is 1. The number of rotatable bonds is 8. The van der Waals surface area contributed by atoms with Crippen LogP contribution in [0.25, 0.3) is 0 Å². The fraction of sp³-hybridized carbons (Fsp3) is 1.00. The van der Waals surface area contributed by atoms with Crippen LogP contribution in [0.2, 0.25) is 0 Å². The lowest BCUT2D eigenvalue weighted by molar-refractivity contribution is -0.00864. The fourth-order valence-electron chi connectivity index (χ4n) is 2.30. The molecule has 0 aromatic rings. The van der Waals surface area contributed by atoms with Gasteiger partial charge in [-0.1, -0.05) is 13.8 Å². The first-order chi connectivity index (χ1) is 7.83. The molecule has 1 aliphatic heterocycles. The highest BCUT2D eigenvalue weighted by Crippen LogP contribution is 2.32. The fourth-order valence-corrected chi connectivity index (χ4v) is 3.16. The Morgan fingerprint density at radius 2 is 2.25 bits per heavy atom. The minimum absolute atomic E-state index is 0.426. The summed E-state index contributed by atoms with van der Waals surface area (Å²) in [5, 5.41) is 3.58. The standard InChI is InChI=1S/C13H27NOS/c1-3-8-14-11-13(7-10-16-4-2)6-5-9-15-12-13/h14H,3-12H2,1-2H3. The Hall–Kier alpha value is 0.270. The summed E-state index contributed by atoms with van der Waals surface area (Å²) in [4.78, 5) is 0. The minimum Gasteiger partial charge on any atom is -0.381 e. The Bertz CT molecular complexity index is 157. The zero-order valence-electron chi connectivity index (χ0n) is 10.9. The second kappa shape index (κ2) is 8.37. The molecular weight excluding hydrogens is 218 g/mol. The maximum atomic E-state index is 5.70. The zero-order valence-corrected chi connectivity index (χ0v) is 11.7. The van der Waals surface area contributed by atoms with E-state index < -0.39 is 0 Å². The van der Waals surface area contributed by atoms with E-state index in [1.54, 1.807) is 0 Å². The molecule has 0 aliphatic carbocycles. The number of hydrogen-bond acceptors (Lipinski definition) is 3. The molecule has 96 valence electrons. The molecule has 1 atom stereocenters. The maximum absolute atomic E-state index is 5.70. The Morgan fingerprint density at radius 3 is 2.88 bits per heavy atom. The molecule has 1 fully saturated rings. The van der Waals surface area contributed by atoms with Crippen LogP contribution in [0.1, 0.15) is 39.5 Å². The van der Waals surface area contributed by atoms with Gasteiger partial charge in [-0.2, -0.15) is 11.8 Å². The van der Waals surface area contributed by atoms with E-state index in [0.29, 0.717) is 5.41 Å². The largest absolute Gasteiger partial charge is 0.381 e. The predicted molar refractivity (Wildman–Crippen MR) is 73.3 cm³/mol. The summed E-state index contributed by atoms with van der Waals surface area (Å²) in [5.74, 6) is 2.52. The molecule has 1 unspecified atom stereocenters. The second-order valence-corrected chi connectivity index (χ2v) is 6.17. The molecule has 1 saturated heterocycles. The smallest absolute Gasteiger partial charge is 0.0534 e. The van der Waals surface area contributed by atoms with E-state index in [1.165, 1.54) is 37.2 Å². The molecule has 2 nitrogen and oxygen atoms in total. The third-order valence-electron chi connectivity index (χ3n) is 3.31. The van der Waals surface area contributed by atoms with Gasteiger partial charge in [0, 0.05) is 18.6 Å². The first-order valence-electron chi connectivity index (χ1n) is 6.69. The first kappa shape index (κ1) is 14.3. The highest BCUT2D eigenvalue weighted by atomic mass is 32.2. The normalized spacial score (nSPS) is 25.9. The summed E-state index contributed by atoms with van der Waals surface area (Å²) in [6.07, 6.45) is 5.11. The van der Waals surface area contributed by atoms with Crippen molar-refractivity contribution in [3.63, 3.8) is 0 Å². The van der Waals surface area contributed by atoms with Gasteiger partial charge in [-0.15, -0.1) is 0 Å². The molecule has 1 heterocycles. The van der Waals surface area contributed by atoms with Gasteiger partial charge in [-0.25, -0.2) is 0 Å². The Labute approximate surface area is 105 Å². The average Bonchev–Trinajstić information content (AvgIpc) is 2.31. The lowest BCUT2D eigenvalue weighted by atomic mass is 9.80. The molecule has 1 rings (SSSR count). The van der Waals surface area contributed by atoms with Crippen molar-refractivity contribution in [3.05, 3.63) is 0 Å². The van der Waals surface area contributed by atoms with Crippen LogP contribution >= 0.6 is 11.8 Å². The Balaban J connectivity index is 2.33. The molecule has 0 spiro atoms.